The molecule has 1 fully saturated rings. The maximum Gasteiger partial charge on any atom is 0.288 e. The monoisotopic (exact) mass is 390 g/mol. The fraction of sp³-hybridized carbons (Fsp3) is 0.364. The van der Waals surface area contributed by atoms with Crippen LogP contribution in [0.5, 0.6) is 0 Å². The SMILES string of the molecule is CNC(=O)c1nc(C)c(C)c(N2CC[C@@H](NCc3cccc4ncccc34)C2)n1. The molecule has 0 aliphatic carbocycles. The highest BCUT2D eigenvalue weighted by molar-refractivity contribution is 5.90. The number of rotatable bonds is 5. The van der Waals surface area contributed by atoms with Crippen molar-refractivity contribution in [3.05, 3.63) is 59.2 Å². The molecule has 0 saturated carbocycles. The molecule has 1 atom stereocenters. The molecule has 0 unspecified atom stereocenters. The van der Waals surface area contributed by atoms with E-state index < -0.39 is 0 Å². The number of aromatic nitrogens is 3. The summed E-state index contributed by atoms with van der Waals surface area (Å²) in [6.07, 6.45) is 2.86. The van der Waals surface area contributed by atoms with Gasteiger partial charge in [0.25, 0.3) is 5.91 Å². The summed E-state index contributed by atoms with van der Waals surface area (Å²) in [6.45, 7) is 6.50. The number of nitrogens with one attached hydrogen (secondary N) is 2. The minimum absolute atomic E-state index is 0.227. The molecular formula is C22H26N6O. The van der Waals surface area contributed by atoms with Gasteiger partial charge in [-0.3, -0.25) is 9.78 Å². The molecule has 29 heavy (non-hydrogen) atoms. The predicted molar refractivity (Wildman–Crippen MR) is 114 cm³/mol. The highest BCUT2D eigenvalue weighted by Crippen LogP contribution is 2.24. The number of anilines is 1. The van der Waals surface area contributed by atoms with Crippen molar-refractivity contribution in [1.82, 2.24) is 25.6 Å². The normalized spacial score (nSPS) is 16.4. The van der Waals surface area contributed by atoms with Crippen molar-refractivity contribution in [1.29, 1.82) is 0 Å². The summed E-state index contributed by atoms with van der Waals surface area (Å²) in [6, 6.07) is 10.7. The zero-order valence-electron chi connectivity index (χ0n) is 17.1. The fourth-order valence-corrected chi connectivity index (χ4v) is 3.83. The van der Waals surface area contributed by atoms with Crippen LogP contribution in [0.4, 0.5) is 5.82 Å². The van der Waals surface area contributed by atoms with Crippen molar-refractivity contribution in [3.8, 4) is 0 Å². The van der Waals surface area contributed by atoms with Crippen LogP contribution in [0.1, 0.15) is 33.9 Å². The standard InChI is InChI=1S/C22H26N6O/c1-14-15(2)26-20(22(29)23-3)27-21(14)28-11-9-17(13-28)25-12-16-6-4-8-19-18(16)7-5-10-24-19/h4-8,10,17,25H,9,11-13H2,1-3H3,(H,23,29)/t17-/m1/s1. The van der Waals surface area contributed by atoms with Gasteiger partial charge < -0.3 is 15.5 Å². The average Bonchev–Trinajstić information content (AvgIpc) is 3.22. The molecule has 3 heterocycles. The molecule has 0 bridgehead atoms. The molecule has 2 N–H and O–H groups in total. The lowest BCUT2D eigenvalue weighted by atomic mass is 10.1. The van der Waals surface area contributed by atoms with E-state index in [9.17, 15) is 4.79 Å². The number of carbonyl (C=O) groups excluding carboxylic acids is 1. The van der Waals surface area contributed by atoms with Crippen molar-refractivity contribution in [2.24, 2.45) is 0 Å². The van der Waals surface area contributed by atoms with Gasteiger partial charge in [0.2, 0.25) is 5.82 Å². The third-order valence-electron chi connectivity index (χ3n) is 5.60. The Balaban J connectivity index is 1.47. The van der Waals surface area contributed by atoms with Gasteiger partial charge in [-0.1, -0.05) is 18.2 Å². The third kappa shape index (κ3) is 3.91. The Morgan fingerprint density at radius 1 is 1.21 bits per heavy atom. The summed E-state index contributed by atoms with van der Waals surface area (Å²) in [5, 5.41) is 7.48. The van der Waals surface area contributed by atoms with E-state index in [2.05, 4.69) is 48.7 Å². The molecule has 1 saturated heterocycles. The molecular weight excluding hydrogens is 364 g/mol. The molecule has 4 rings (SSSR count). The Hall–Kier alpha value is -3.06. The molecule has 3 aromatic rings. The first-order valence-electron chi connectivity index (χ1n) is 9.95. The van der Waals surface area contributed by atoms with E-state index in [0.29, 0.717) is 6.04 Å². The molecule has 7 nitrogen and oxygen atoms in total. The first kappa shape index (κ1) is 19.3. The fourth-order valence-electron chi connectivity index (χ4n) is 3.83. The van der Waals surface area contributed by atoms with Gasteiger partial charge in [-0.2, -0.15) is 0 Å². The van der Waals surface area contributed by atoms with Crippen molar-refractivity contribution < 1.29 is 4.79 Å². The van der Waals surface area contributed by atoms with Gasteiger partial charge in [0.05, 0.1) is 5.52 Å². The summed E-state index contributed by atoms with van der Waals surface area (Å²) >= 11 is 0. The van der Waals surface area contributed by atoms with Crippen LogP contribution >= 0.6 is 0 Å². The Bertz CT molecular complexity index is 1050. The largest absolute Gasteiger partial charge is 0.355 e. The quantitative estimate of drug-likeness (QED) is 0.696. The van der Waals surface area contributed by atoms with Crippen molar-refractivity contribution in [2.75, 3.05) is 25.0 Å². The van der Waals surface area contributed by atoms with Crippen LogP contribution in [0, 0.1) is 13.8 Å². The predicted octanol–water partition coefficient (Wildman–Crippen LogP) is 2.37. The van der Waals surface area contributed by atoms with E-state index in [1.807, 2.05) is 32.2 Å². The molecule has 1 amide bonds. The molecule has 1 aliphatic rings. The number of benzene rings is 1. The van der Waals surface area contributed by atoms with E-state index in [1.165, 1.54) is 10.9 Å². The Morgan fingerprint density at radius 3 is 2.90 bits per heavy atom. The maximum absolute atomic E-state index is 12.0. The zero-order valence-corrected chi connectivity index (χ0v) is 17.1. The second-order valence-electron chi connectivity index (χ2n) is 7.46. The number of pyridine rings is 1. The summed E-state index contributed by atoms with van der Waals surface area (Å²) < 4.78 is 0. The van der Waals surface area contributed by atoms with Crippen LogP contribution in [0.15, 0.2) is 36.5 Å². The van der Waals surface area contributed by atoms with Gasteiger partial charge in [0, 0.05) is 55.6 Å². The van der Waals surface area contributed by atoms with Crippen LogP contribution in [0.2, 0.25) is 0 Å². The van der Waals surface area contributed by atoms with Crippen LogP contribution < -0.4 is 15.5 Å². The third-order valence-corrected chi connectivity index (χ3v) is 5.60. The Labute approximate surface area is 170 Å². The second-order valence-corrected chi connectivity index (χ2v) is 7.46. The van der Waals surface area contributed by atoms with Crippen LogP contribution in [-0.4, -0.2) is 47.0 Å². The number of carbonyl (C=O) groups is 1. The summed E-state index contributed by atoms with van der Waals surface area (Å²) in [7, 11) is 1.60. The maximum atomic E-state index is 12.0. The lowest BCUT2D eigenvalue weighted by Crippen LogP contribution is -2.33. The van der Waals surface area contributed by atoms with Gasteiger partial charge in [-0.05, 0) is 38.0 Å². The Kier molecular flexibility index (Phi) is 5.40. The van der Waals surface area contributed by atoms with E-state index in [1.54, 1.807) is 7.05 Å². The number of nitrogens with zero attached hydrogens (tertiary/aromatic N) is 4. The number of aryl methyl sites for hydroxylation is 1. The molecule has 0 spiro atoms. The van der Waals surface area contributed by atoms with E-state index in [4.69, 9.17) is 0 Å². The van der Waals surface area contributed by atoms with Gasteiger partial charge in [-0.25, -0.2) is 9.97 Å². The summed E-state index contributed by atoms with van der Waals surface area (Å²) in [5.74, 6) is 0.827. The minimum Gasteiger partial charge on any atom is -0.355 e. The molecule has 1 aliphatic heterocycles. The lowest BCUT2D eigenvalue weighted by molar-refractivity contribution is 0.0952. The highest BCUT2D eigenvalue weighted by atomic mass is 16.2. The van der Waals surface area contributed by atoms with Crippen molar-refractivity contribution in [3.63, 3.8) is 0 Å². The Morgan fingerprint density at radius 2 is 2.07 bits per heavy atom. The van der Waals surface area contributed by atoms with Crippen LogP contribution in [-0.2, 0) is 6.54 Å². The summed E-state index contributed by atoms with van der Waals surface area (Å²) in [4.78, 5) is 27.6. The molecule has 0 radical (unpaired) electrons. The lowest BCUT2D eigenvalue weighted by Gasteiger charge is -2.21. The summed E-state index contributed by atoms with van der Waals surface area (Å²) in [5.41, 5.74) is 4.14. The van der Waals surface area contributed by atoms with Crippen LogP contribution in [0.25, 0.3) is 10.9 Å². The molecule has 1 aromatic carbocycles. The van der Waals surface area contributed by atoms with E-state index in [-0.39, 0.29) is 11.7 Å². The highest BCUT2D eigenvalue weighted by Gasteiger charge is 2.26. The first-order chi connectivity index (χ1) is 14.1. The molecule has 2 aromatic heterocycles. The number of amides is 1. The number of hydrogen-bond donors (Lipinski definition) is 2. The average molecular weight is 390 g/mol. The smallest absolute Gasteiger partial charge is 0.288 e. The topological polar surface area (TPSA) is 83.0 Å². The number of fused-ring (bicyclic) bond motifs is 1. The van der Waals surface area contributed by atoms with Gasteiger partial charge in [-0.15, -0.1) is 0 Å². The van der Waals surface area contributed by atoms with Crippen LogP contribution in [0.3, 0.4) is 0 Å². The first-order valence-corrected chi connectivity index (χ1v) is 9.95. The molecule has 150 valence electrons. The minimum atomic E-state index is -0.257. The molecule has 7 heteroatoms. The van der Waals surface area contributed by atoms with E-state index >= 15 is 0 Å². The number of hydrogen-bond acceptors (Lipinski definition) is 6. The van der Waals surface area contributed by atoms with Crippen molar-refractivity contribution >= 4 is 22.6 Å². The van der Waals surface area contributed by atoms with Gasteiger partial charge in [0.1, 0.15) is 5.82 Å². The van der Waals surface area contributed by atoms with Gasteiger partial charge in [0.15, 0.2) is 0 Å². The van der Waals surface area contributed by atoms with Gasteiger partial charge >= 0.3 is 0 Å². The second kappa shape index (κ2) is 8.13. The zero-order chi connectivity index (χ0) is 20.4. The van der Waals surface area contributed by atoms with E-state index in [0.717, 1.165) is 48.6 Å². The van der Waals surface area contributed by atoms with Crippen molar-refractivity contribution in [2.45, 2.75) is 32.9 Å².